The number of nitrogens with zero attached hydrogens (tertiary/aromatic N) is 5. The van der Waals surface area contributed by atoms with Crippen LogP contribution in [0, 0.1) is 5.82 Å². The molecule has 2 aromatic heterocycles. The zero-order valence-electron chi connectivity index (χ0n) is 19.1. The van der Waals surface area contributed by atoms with Crippen LogP contribution in [0.15, 0.2) is 53.7 Å². The number of halogens is 1. The topological polar surface area (TPSA) is 104 Å². The predicted molar refractivity (Wildman–Crippen MR) is 133 cm³/mol. The molecule has 0 aliphatic heterocycles. The van der Waals surface area contributed by atoms with E-state index in [1.807, 2.05) is 35.8 Å². The highest BCUT2D eigenvalue weighted by molar-refractivity contribution is 7.99. The number of methoxy groups -OCH3 is 1. The van der Waals surface area contributed by atoms with E-state index in [4.69, 9.17) is 9.47 Å². The molecule has 0 aliphatic rings. The maximum atomic E-state index is 13.2. The largest absolute Gasteiger partial charge is 0.491 e. The molecule has 0 spiro atoms. The van der Waals surface area contributed by atoms with E-state index >= 15 is 0 Å². The summed E-state index contributed by atoms with van der Waals surface area (Å²) in [5, 5.41) is 21.1. The van der Waals surface area contributed by atoms with E-state index in [2.05, 4.69) is 25.7 Å². The Kier molecular flexibility index (Phi) is 8.40. The Balaban J connectivity index is 1.33. The normalized spacial score (nSPS) is 10.9. The highest BCUT2D eigenvalue weighted by Crippen LogP contribution is 2.28. The summed E-state index contributed by atoms with van der Waals surface area (Å²) >= 11 is 2.55. The molecule has 1 N–H and O–H groups in total. The summed E-state index contributed by atoms with van der Waals surface area (Å²) in [6.07, 6.45) is 0. The van der Waals surface area contributed by atoms with Crippen molar-refractivity contribution in [2.45, 2.75) is 18.6 Å². The molecule has 182 valence electrons. The molecule has 1 amide bonds. The molecule has 0 fully saturated rings. The number of hydrogen-bond acceptors (Lipinski definition) is 9. The molecule has 35 heavy (non-hydrogen) atoms. The molecule has 0 saturated carbocycles. The third kappa shape index (κ3) is 6.41. The van der Waals surface area contributed by atoms with Crippen LogP contribution in [-0.2, 0) is 16.1 Å². The molecule has 4 aromatic rings. The van der Waals surface area contributed by atoms with Crippen LogP contribution in [0.2, 0.25) is 0 Å². The summed E-state index contributed by atoms with van der Waals surface area (Å²) in [6.45, 7) is 3.57. The standard InChI is InChI=1S/C23H23FN6O3S2/c1-3-30-20(15-4-8-17(24)9-5-15)26-29-23(30)34-14-19(31)25-22-28-27-21(35-22)16-6-10-18(11-7-16)33-13-12-32-2/h4-11H,3,12-14H2,1-2H3,(H,25,28,31). The summed E-state index contributed by atoms with van der Waals surface area (Å²) in [4.78, 5) is 12.5. The number of thioether (sulfide) groups is 1. The van der Waals surface area contributed by atoms with E-state index in [1.165, 1.54) is 35.2 Å². The lowest BCUT2D eigenvalue weighted by Crippen LogP contribution is -2.14. The molecule has 0 unspecified atom stereocenters. The average Bonchev–Trinajstić information content (AvgIpc) is 3.51. The third-order valence-electron chi connectivity index (χ3n) is 4.80. The van der Waals surface area contributed by atoms with Gasteiger partial charge in [0.15, 0.2) is 11.0 Å². The molecule has 9 nitrogen and oxygen atoms in total. The van der Waals surface area contributed by atoms with E-state index in [0.717, 1.165) is 16.9 Å². The smallest absolute Gasteiger partial charge is 0.236 e. The van der Waals surface area contributed by atoms with Crippen molar-refractivity contribution in [3.05, 3.63) is 54.3 Å². The van der Waals surface area contributed by atoms with Gasteiger partial charge in [-0.3, -0.25) is 10.1 Å². The molecule has 4 rings (SSSR count). The zero-order valence-corrected chi connectivity index (χ0v) is 20.7. The van der Waals surface area contributed by atoms with Crippen molar-refractivity contribution in [3.8, 4) is 27.7 Å². The second-order valence-corrected chi connectivity index (χ2v) is 9.09. The van der Waals surface area contributed by atoms with Gasteiger partial charge >= 0.3 is 0 Å². The van der Waals surface area contributed by atoms with Gasteiger partial charge in [-0.2, -0.15) is 0 Å². The summed E-state index contributed by atoms with van der Waals surface area (Å²) < 4.78 is 25.7. The fraction of sp³-hybridized carbons (Fsp3) is 0.261. The van der Waals surface area contributed by atoms with Gasteiger partial charge in [0.25, 0.3) is 0 Å². The van der Waals surface area contributed by atoms with E-state index in [1.54, 1.807) is 19.2 Å². The van der Waals surface area contributed by atoms with E-state index < -0.39 is 0 Å². The molecule has 0 atom stereocenters. The number of carbonyl (C=O) groups excluding carboxylic acids is 1. The van der Waals surface area contributed by atoms with Crippen molar-refractivity contribution in [2.24, 2.45) is 0 Å². The minimum Gasteiger partial charge on any atom is -0.491 e. The number of hydrogen-bond donors (Lipinski definition) is 1. The summed E-state index contributed by atoms with van der Waals surface area (Å²) in [5.41, 5.74) is 1.63. The second-order valence-electron chi connectivity index (χ2n) is 7.17. The van der Waals surface area contributed by atoms with Crippen molar-refractivity contribution >= 4 is 34.1 Å². The Morgan fingerprint density at radius 3 is 2.49 bits per heavy atom. The Morgan fingerprint density at radius 2 is 1.77 bits per heavy atom. The number of benzene rings is 2. The summed E-state index contributed by atoms with van der Waals surface area (Å²) in [7, 11) is 1.63. The van der Waals surface area contributed by atoms with Crippen LogP contribution in [0.5, 0.6) is 5.75 Å². The minimum absolute atomic E-state index is 0.129. The summed E-state index contributed by atoms with van der Waals surface area (Å²) in [5.74, 6) is 0.951. The van der Waals surface area contributed by atoms with Crippen molar-refractivity contribution in [1.29, 1.82) is 0 Å². The SMILES string of the molecule is CCn1c(SCC(=O)Nc2nnc(-c3ccc(OCCOC)cc3)s2)nnc1-c1ccc(F)cc1. The van der Waals surface area contributed by atoms with Gasteiger partial charge in [-0.15, -0.1) is 20.4 Å². The van der Waals surface area contributed by atoms with Crippen LogP contribution in [0.25, 0.3) is 22.0 Å². The number of ether oxygens (including phenoxy) is 2. The van der Waals surface area contributed by atoms with Crippen LogP contribution < -0.4 is 10.1 Å². The number of nitrogens with one attached hydrogen (secondary N) is 1. The van der Waals surface area contributed by atoms with E-state index in [-0.39, 0.29) is 17.5 Å². The summed E-state index contributed by atoms with van der Waals surface area (Å²) in [6, 6.07) is 13.6. The highest BCUT2D eigenvalue weighted by Gasteiger charge is 2.16. The second kappa shape index (κ2) is 11.9. The van der Waals surface area contributed by atoms with Crippen LogP contribution in [0.1, 0.15) is 6.92 Å². The molecule has 0 bridgehead atoms. The molecule has 2 aromatic carbocycles. The highest BCUT2D eigenvalue weighted by atomic mass is 32.2. The fourth-order valence-corrected chi connectivity index (χ4v) is 4.67. The van der Waals surface area contributed by atoms with Crippen molar-refractivity contribution in [1.82, 2.24) is 25.0 Å². The number of amides is 1. The molecular formula is C23H23FN6O3S2. The van der Waals surface area contributed by atoms with Gasteiger partial charge in [0, 0.05) is 24.8 Å². The van der Waals surface area contributed by atoms with Gasteiger partial charge in [-0.05, 0) is 55.5 Å². The maximum absolute atomic E-state index is 13.2. The predicted octanol–water partition coefficient (Wildman–Crippen LogP) is 4.38. The zero-order chi connectivity index (χ0) is 24.6. The monoisotopic (exact) mass is 514 g/mol. The van der Waals surface area contributed by atoms with Gasteiger partial charge in [0.1, 0.15) is 23.2 Å². The number of carbonyl (C=O) groups is 1. The Bertz CT molecular complexity index is 1260. The average molecular weight is 515 g/mol. The molecular weight excluding hydrogens is 491 g/mol. The number of rotatable bonds is 11. The van der Waals surface area contributed by atoms with Crippen molar-refractivity contribution in [3.63, 3.8) is 0 Å². The number of aromatic nitrogens is 5. The van der Waals surface area contributed by atoms with Crippen LogP contribution in [0.3, 0.4) is 0 Å². The first-order chi connectivity index (χ1) is 17.1. The minimum atomic E-state index is -0.314. The molecule has 0 aliphatic carbocycles. The van der Waals surface area contributed by atoms with Crippen LogP contribution in [0.4, 0.5) is 9.52 Å². The fourth-order valence-electron chi connectivity index (χ4n) is 3.11. The van der Waals surface area contributed by atoms with E-state index in [9.17, 15) is 9.18 Å². The Morgan fingerprint density at radius 1 is 1.03 bits per heavy atom. The van der Waals surface area contributed by atoms with E-state index in [0.29, 0.717) is 40.9 Å². The maximum Gasteiger partial charge on any atom is 0.236 e. The van der Waals surface area contributed by atoms with Gasteiger partial charge in [-0.25, -0.2) is 4.39 Å². The first kappa shape index (κ1) is 24.8. The van der Waals surface area contributed by atoms with Crippen LogP contribution in [-0.4, -0.2) is 56.9 Å². The number of anilines is 1. The van der Waals surface area contributed by atoms with Gasteiger partial charge < -0.3 is 14.0 Å². The van der Waals surface area contributed by atoms with Crippen molar-refractivity contribution < 1.29 is 18.7 Å². The van der Waals surface area contributed by atoms with Gasteiger partial charge in [-0.1, -0.05) is 23.1 Å². The quantitative estimate of drug-likeness (QED) is 0.232. The Labute approximate surface area is 209 Å². The molecule has 0 radical (unpaired) electrons. The van der Waals surface area contributed by atoms with Gasteiger partial charge in [0.2, 0.25) is 11.0 Å². The van der Waals surface area contributed by atoms with Crippen molar-refractivity contribution in [2.75, 3.05) is 31.4 Å². The lowest BCUT2D eigenvalue weighted by molar-refractivity contribution is -0.113. The first-order valence-corrected chi connectivity index (χ1v) is 12.5. The molecule has 2 heterocycles. The third-order valence-corrected chi connectivity index (χ3v) is 6.65. The molecule has 12 heteroatoms. The van der Waals surface area contributed by atoms with Gasteiger partial charge in [0.05, 0.1) is 12.4 Å². The first-order valence-electron chi connectivity index (χ1n) is 10.7. The Hall–Kier alpha value is -3.35. The lowest BCUT2D eigenvalue weighted by atomic mass is 10.2. The van der Waals surface area contributed by atoms with Crippen LogP contribution >= 0.6 is 23.1 Å². The lowest BCUT2D eigenvalue weighted by Gasteiger charge is -2.07. The molecule has 0 saturated heterocycles.